The molecule has 0 saturated carbocycles. The zero-order valence-electron chi connectivity index (χ0n) is 7.43. The lowest BCUT2D eigenvalue weighted by Crippen LogP contribution is -2.21. The first-order valence-corrected chi connectivity index (χ1v) is 5.76. The van der Waals surface area contributed by atoms with E-state index in [2.05, 4.69) is 38.0 Å². The van der Waals surface area contributed by atoms with Crippen LogP contribution in [0.3, 0.4) is 0 Å². The van der Waals surface area contributed by atoms with E-state index in [1.807, 2.05) is 0 Å². The smallest absolute Gasteiger partial charge is 0.199 e. The van der Waals surface area contributed by atoms with Gasteiger partial charge in [-0.05, 0) is 19.3 Å². The highest BCUT2D eigenvalue weighted by Gasteiger charge is 2.38. The number of nitrogens with zero attached hydrogens (tertiary/aromatic N) is 2. The number of aromatic nitrogens is 3. The van der Waals surface area contributed by atoms with Gasteiger partial charge in [0.1, 0.15) is 0 Å². The van der Waals surface area contributed by atoms with Gasteiger partial charge in [0.05, 0.1) is 5.69 Å². The number of H-pyrrole nitrogens is 1. The van der Waals surface area contributed by atoms with E-state index in [-0.39, 0.29) is 12.1 Å². The van der Waals surface area contributed by atoms with Crippen LogP contribution in [0.5, 0.6) is 0 Å². The van der Waals surface area contributed by atoms with Gasteiger partial charge in [-0.15, -0.1) is 0 Å². The Morgan fingerprint density at radius 1 is 1.36 bits per heavy atom. The summed E-state index contributed by atoms with van der Waals surface area (Å²) >= 11 is 2.22. The fourth-order valence-corrected chi connectivity index (χ4v) is 2.24. The van der Waals surface area contributed by atoms with Crippen LogP contribution in [0.1, 0.15) is 30.7 Å². The van der Waals surface area contributed by atoms with Crippen molar-refractivity contribution in [3.8, 4) is 0 Å². The lowest BCUT2D eigenvalue weighted by Gasteiger charge is -2.20. The topological polar surface area (TPSA) is 41.6 Å². The van der Waals surface area contributed by atoms with E-state index >= 15 is 0 Å². The Kier molecular flexibility index (Phi) is 2.72. The maximum Gasteiger partial charge on any atom is 0.293 e. The van der Waals surface area contributed by atoms with Gasteiger partial charge >= 0.3 is 0 Å². The number of alkyl halides is 3. The third kappa shape index (κ3) is 1.89. The molecule has 1 heterocycles. The summed E-state index contributed by atoms with van der Waals surface area (Å²) in [6.45, 7) is 0. The predicted molar refractivity (Wildman–Crippen MR) is 55.6 cm³/mol. The van der Waals surface area contributed by atoms with Crippen LogP contribution in [0.2, 0.25) is 0 Å². The number of fused-ring (bicyclic) bond motifs is 1. The molecule has 1 aliphatic carbocycles. The Bertz CT molecular complexity index is 326. The molecule has 1 aromatic rings. The minimum Gasteiger partial charge on any atom is -0.199 e. The Balaban J connectivity index is 2.33. The fourth-order valence-electron chi connectivity index (χ4n) is 1.61. The van der Waals surface area contributed by atoms with Crippen LogP contribution in [-0.4, -0.2) is 19.3 Å². The van der Waals surface area contributed by atoms with E-state index in [0.717, 1.165) is 6.42 Å². The van der Waals surface area contributed by atoms with Crippen molar-refractivity contribution in [2.24, 2.45) is 0 Å². The molecular formula is C8H10F2IN3. The zero-order valence-corrected chi connectivity index (χ0v) is 9.59. The molecule has 1 atom stereocenters. The number of aryl methyl sites for hydroxylation is 1. The lowest BCUT2D eigenvalue weighted by atomic mass is 9.98. The van der Waals surface area contributed by atoms with E-state index in [1.165, 1.54) is 0 Å². The van der Waals surface area contributed by atoms with Gasteiger partial charge < -0.3 is 0 Å². The van der Waals surface area contributed by atoms with Crippen molar-refractivity contribution in [1.82, 2.24) is 15.4 Å². The van der Waals surface area contributed by atoms with Crippen LogP contribution in [0.4, 0.5) is 8.78 Å². The minimum atomic E-state index is -2.81. The SMILES string of the molecule is FC1(F)CCC(I)CCc2n[nH]nc21. The molecule has 0 radical (unpaired) electrons. The van der Waals surface area contributed by atoms with Crippen LogP contribution in [0.15, 0.2) is 0 Å². The van der Waals surface area contributed by atoms with Crippen molar-refractivity contribution in [3.05, 3.63) is 11.4 Å². The van der Waals surface area contributed by atoms with Gasteiger partial charge in [-0.3, -0.25) is 0 Å². The van der Waals surface area contributed by atoms with Gasteiger partial charge in [-0.25, -0.2) is 0 Å². The molecule has 0 bridgehead atoms. The summed E-state index contributed by atoms with van der Waals surface area (Å²) < 4.78 is 27.3. The van der Waals surface area contributed by atoms with Gasteiger partial charge in [0.2, 0.25) is 0 Å². The Morgan fingerprint density at radius 2 is 2.14 bits per heavy atom. The van der Waals surface area contributed by atoms with Crippen LogP contribution in [-0.2, 0) is 12.3 Å². The van der Waals surface area contributed by atoms with Crippen LogP contribution < -0.4 is 0 Å². The number of rotatable bonds is 0. The average Bonchev–Trinajstić information content (AvgIpc) is 2.58. The standard InChI is InChI=1S/C8H10F2IN3/c9-8(10)4-3-5(11)1-2-6-7(8)13-14-12-6/h5H,1-4H2,(H,12,13,14). The van der Waals surface area contributed by atoms with E-state index < -0.39 is 5.92 Å². The van der Waals surface area contributed by atoms with E-state index in [0.29, 0.717) is 22.5 Å². The van der Waals surface area contributed by atoms with Crippen molar-refractivity contribution < 1.29 is 8.78 Å². The molecule has 6 heteroatoms. The van der Waals surface area contributed by atoms with Crippen molar-refractivity contribution in [2.45, 2.75) is 35.5 Å². The molecule has 0 amide bonds. The third-order valence-electron chi connectivity index (χ3n) is 2.43. The molecular weight excluding hydrogens is 303 g/mol. The van der Waals surface area contributed by atoms with Gasteiger partial charge in [0, 0.05) is 10.3 Å². The Morgan fingerprint density at radius 3 is 2.93 bits per heavy atom. The fraction of sp³-hybridized carbons (Fsp3) is 0.750. The maximum atomic E-state index is 13.5. The molecule has 1 aromatic heterocycles. The molecule has 0 saturated heterocycles. The average molecular weight is 313 g/mol. The summed E-state index contributed by atoms with van der Waals surface area (Å²) in [6.07, 6.45) is 1.91. The van der Waals surface area contributed by atoms with Crippen molar-refractivity contribution in [3.63, 3.8) is 0 Å². The molecule has 0 fully saturated rings. The first-order valence-electron chi connectivity index (χ1n) is 4.51. The molecule has 0 spiro atoms. The molecule has 78 valence electrons. The molecule has 0 aliphatic heterocycles. The second kappa shape index (κ2) is 3.71. The first kappa shape index (κ1) is 10.3. The highest BCUT2D eigenvalue weighted by molar-refractivity contribution is 14.1. The summed E-state index contributed by atoms with van der Waals surface area (Å²) in [5.41, 5.74) is 0.275. The van der Waals surface area contributed by atoms with E-state index in [1.54, 1.807) is 0 Å². The molecule has 0 aromatic carbocycles. The molecule has 2 rings (SSSR count). The largest absolute Gasteiger partial charge is 0.293 e. The number of nitrogens with one attached hydrogen (secondary N) is 1. The predicted octanol–water partition coefficient (Wildman–Crippen LogP) is 2.43. The summed E-state index contributed by atoms with van der Waals surface area (Å²) in [5.74, 6) is -2.81. The van der Waals surface area contributed by atoms with Gasteiger partial charge in [-0.2, -0.15) is 24.2 Å². The Labute approximate surface area is 93.8 Å². The van der Waals surface area contributed by atoms with Crippen LogP contribution >= 0.6 is 22.6 Å². The van der Waals surface area contributed by atoms with E-state index in [9.17, 15) is 8.78 Å². The highest BCUT2D eigenvalue weighted by Crippen LogP contribution is 2.37. The molecule has 1 aliphatic rings. The maximum absolute atomic E-state index is 13.5. The number of halogens is 3. The number of aromatic amines is 1. The molecule has 3 nitrogen and oxygen atoms in total. The third-order valence-corrected chi connectivity index (χ3v) is 3.68. The second-order valence-corrected chi connectivity index (χ2v) is 5.26. The molecule has 14 heavy (non-hydrogen) atoms. The summed E-state index contributed by atoms with van der Waals surface area (Å²) in [4.78, 5) is 0. The minimum absolute atomic E-state index is 0.125. The lowest BCUT2D eigenvalue weighted by molar-refractivity contribution is -0.0217. The van der Waals surface area contributed by atoms with Crippen LogP contribution in [0.25, 0.3) is 0 Å². The molecule has 1 N–H and O–H groups in total. The summed E-state index contributed by atoms with van der Waals surface area (Å²) in [7, 11) is 0. The normalized spacial score (nSPS) is 26.4. The highest BCUT2D eigenvalue weighted by atomic mass is 127. The number of hydrogen-bond donors (Lipinski definition) is 1. The van der Waals surface area contributed by atoms with E-state index in [4.69, 9.17) is 0 Å². The zero-order chi connectivity index (χ0) is 10.2. The molecule has 1 unspecified atom stereocenters. The Hall–Kier alpha value is -0.270. The van der Waals surface area contributed by atoms with Crippen molar-refractivity contribution in [1.29, 1.82) is 0 Å². The van der Waals surface area contributed by atoms with Gasteiger partial charge in [0.25, 0.3) is 5.92 Å². The van der Waals surface area contributed by atoms with Crippen molar-refractivity contribution >= 4 is 22.6 Å². The van der Waals surface area contributed by atoms with Gasteiger partial charge in [0.15, 0.2) is 5.69 Å². The first-order chi connectivity index (χ1) is 6.59. The van der Waals surface area contributed by atoms with Crippen molar-refractivity contribution in [2.75, 3.05) is 0 Å². The van der Waals surface area contributed by atoms with Gasteiger partial charge in [-0.1, -0.05) is 22.6 Å². The second-order valence-electron chi connectivity index (χ2n) is 3.50. The van der Waals surface area contributed by atoms with Crippen LogP contribution in [0, 0.1) is 0 Å². The summed E-state index contributed by atoms with van der Waals surface area (Å²) in [5, 5.41) is 9.60. The summed E-state index contributed by atoms with van der Waals surface area (Å²) in [6, 6.07) is 0. The monoisotopic (exact) mass is 313 g/mol. The number of hydrogen-bond acceptors (Lipinski definition) is 2. The quantitative estimate of drug-likeness (QED) is 0.590.